The van der Waals surface area contributed by atoms with Crippen LogP contribution in [-0.2, 0) is 4.79 Å². The first-order valence-electron chi connectivity index (χ1n) is 5.55. The van der Waals surface area contributed by atoms with Gasteiger partial charge in [-0.15, -0.1) is 11.3 Å². The van der Waals surface area contributed by atoms with E-state index >= 15 is 0 Å². The molecule has 2 aromatic rings. The van der Waals surface area contributed by atoms with E-state index in [0.717, 1.165) is 4.88 Å². The molecule has 4 nitrogen and oxygen atoms in total. The molecule has 1 atom stereocenters. The Bertz CT molecular complexity index is 572. The summed E-state index contributed by atoms with van der Waals surface area (Å²) >= 11 is 1.41. The van der Waals surface area contributed by atoms with Crippen LogP contribution < -0.4 is 15.8 Å². The standard InChI is InChI=1S/C13H13FN2O2S/c1-18-10-7-8(4-5-9(10)14)16-13(17)12(15)11-3-2-6-19-11/h2-7,12H,15H2,1H3,(H,16,17). The van der Waals surface area contributed by atoms with Crippen molar-refractivity contribution in [2.24, 2.45) is 5.73 Å². The average Bonchev–Trinajstić information content (AvgIpc) is 2.94. The number of anilines is 1. The average molecular weight is 280 g/mol. The lowest BCUT2D eigenvalue weighted by atomic mass is 10.2. The van der Waals surface area contributed by atoms with Crippen LogP contribution in [0.3, 0.4) is 0 Å². The Morgan fingerprint density at radius 2 is 2.26 bits per heavy atom. The van der Waals surface area contributed by atoms with E-state index in [2.05, 4.69) is 5.32 Å². The van der Waals surface area contributed by atoms with Gasteiger partial charge in [-0.1, -0.05) is 6.07 Å². The molecule has 2 rings (SSSR count). The minimum absolute atomic E-state index is 0.0718. The number of ether oxygens (including phenoxy) is 1. The van der Waals surface area contributed by atoms with E-state index in [1.165, 1.54) is 36.6 Å². The second kappa shape index (κ2) is 5.81. The summed E-state index contributed by atoms with van der Waals surface area (Å²) in [6.07, 6.45) is 0. The van der Waals surface area contributed by atoms with Crippen molar-refractivity contribution in [2.45, 2.75) is 6.04 Å². The Hall–Kier alpha value is -1.92. The molecule has 100 valence electrons. The molecule has 1 aromatic heterocycles. The number of halogens is 1. The molecule has 0 fully saturated rings. The van der Waals surface area contributed by atoms with E-state index in [4.69, 9.17) is 10.5 Å². The molecule has 1 aromatic carbocycles. The Kier molecular flexibility index (Phi) is 4.13. The van der Waals surface area contributed by atoms with Gasteiger partial charge < -0.3 is 15.8 Å². The number of carbonyl (C=O) groups excluding carboxylic acids is 1. The highest BCUT2D eigenvalue weighted by Gasteiger charge is 2.17. The maximum atomic E-state index is 13.2. The number of thiophene rings is 1. The van der Waals surface area contributed by atoms with Gasteiger partial charge in [0, 0.05) is 16.6 Å². The Labute approximate surface area is 114 Å². The summed E-state index contributed by atoms with van der Waals surface area (Å²) < 4.78 is 18.1. The molecular formula is C13H13FN2O2S. The number of carbonyl (C=O) groups is 1. The van der Waals surface area contributed by atoms with Crippen LogP contribution in [0.5, 0.6) is 5.75 Å². The van der Waals surface area contributed by atoms with Gasteiger partial charge >= 0.3 is 0 Å². The summed E-state index contributed by atoms with van der Waals surface area (Å²) in [5, 5.41) is 4.48. The molecule has 0 aliphatic rings. The first-order valence-corrected chi connectivity index (χ1v) is 6.43. The third-order valence-corrected chi connectivity index (χ3v) is 3.51. The highest BCUT2D eigenvalue weighted by atomic mass is 32.1. The van der Waals surface area contributed by atoms with Crippen molar-refractivity contribution in [2.75, 3.05) is 12.4 Å². The van der Waals surface area contributed by atoms with Crippen molar-refractivity contribution in [1.82, 2.24) is 0 Å². The number of hydrogen-bond donors (Lipinski definition) is 2. The number of hydrogen-bond acceptors (Lipinski definition) is 4. The second-order valence-corrected chi connectivity index (χ2v) is 4.81. The number of amides is 1. The van der Waals surface area contributed by atoms with Crippen molar-refractivity contribution in [3.63, 3.8) is 0 Å². The molecule has 0 saturated heterocycles. The van der Waals surface area contributed by atoms with Gasteiger partial charge in [0.05, 0.1) is 7.11 Å². The fourth-order valence-corrected chi connectivity index (χ4v) is 2.28. The number of nitrogens with one attached hydrogen (secondary N) is 1. The van der Waals surface area contributed by atoms with Crippen molar-refractivity contribution in [3.8, 4) is 5.75 Å². The van der Waals surface area contributed by atoms with Crippen LogP contribution in [0.4, 0.5) is 10.1 Å². The van der Waals surface area contributed by atoms with Gasteiger partial charge in [0.1, 0.15) is 6.04 Å². The minimum Gasteiger partial charge on any atom is -0.494 e. The van der Waals surface area contributed by atoms with Crippen LogP contribution in [0.1, 0.15) is 10.9 Å². The molecule has 3 N–H and O–H groups in total. The van der Waals surface area contributed by atoms with Gasteiger partial charge in [0.2, 0.25) is 5.91 Å². The highest BCUT2D eigenvalue weighted by molar-refractivity contribution is 7.10. The molecule has 1 amide bonds. The molecule has 0 aliphatic carbocycles. The number of rotatable bonds is 4. The molecule has 0 spiro atoms. The molecular weight excluding hydrogens is 267 g/mol. The van der Waals surface area contributed by atoms with Gasteiger partial charge in [-0.25, -0.2) is 4.39 Å². The van der Waals surface area contributed by atoms with Crippen molar-refractivity contribution < 1.29 is 13.9 Å². The summed E-state index contributed by atoms with van der Waals surface area (Å²) in [5.74, 6) is -0.762. The Morgan fingerprint density at radius 1 is 1.47 bits per heavy atom. The zero-order chi connectivity index (χ0) is 13.8. The van der Waals surface area contributed by atoms with Crippen molar-refractivity contribution in [3.05, 3.63) is 46.4 Å². The molecule has 0 radical (unpaired) electrons. The molecule has 0 bridgehead atoms. The second-order valence-electron chi connectivity index (χ2n) is 3.83. The lowest BCUT2D eigenvalue weighted by Gasteiger charge is -2.11. The van der Waals surface area contributed by atoms with E-state index < -0.39 is 11.9 Å². The van der Waals surface area contributed by atoms with E-state index in [0.29, 0.717) is 5.69 Å². The third-order valence-electron chi connectivity index (χ3n) is 2.55. The van der Waals surface area contributed by atoms with Crippen LogP contribution in [0.2, 0.25) is 0 Å². The van der Waals surface area contributed by atoms with Crippen LogP contribution in [-0.4, -0.2) is 13.0 Å². The summed E-state index contributed by atoms with van der Waals surface area (Å²) in [6.45, 7) is 0. The molecule has 1 unspecified atom stereocenters. The molecule has 6 heteroatoms. The number of nitrogens with two attached hydrogens (primary N) is 1. The normalized spacial score (nSPS) is 11.9. The maximum absolute atomic E-state index is 13.2. The monoisotopic (exact) mass is 280 g/mol. The van der Waals surface area contributed by atoms with E-state index in [9.17, 15) is 9.18 Å². The molecule has 0 saturated carbocycles. The van der Waals surface area contributed by atoms with E-state index in [1.54, 1.807) is 6.07 Å². The lowest BCUT2D eigenvalue weighted by Crippen LogP contribution is -2.26. The third kappa shape index (κ3) is 3.10. The zero-order valence-electron chi connectivity index (χ0n) is 10.2. The van der Waals surface area contributed by atoms with Gasteiger partial charge in [0.15, 0.2) is 11.6 Å². The number of benzene rings is 1. The van der Waals surface area contributed by atoms with Crippen molar-refractivity contribution in [1.29, 1.82) is 0 Å². The van der Waals surface area contributed by atoms with Gasteiger partial charge in [-0.05, 0) is 23.6 Å². The minimum atomic E-state index is -0.740. The van der Waals surface area contributed by atoms with Gasteiger partial charge in [-0.2, -0.15) is 0 Å². The Balaban J connectivity index is 2.11. The Morgan fingerprint density at radius 3 is 2.89 bits per heavy atom. The zero-order valence-corrected chi connectivity index (χ0v) is 11.0. The smallest absolute Gasteiger partial charge is 0.246 e. The van der Waals surface area contributed by atoms with Crippen LogP contribution in [0.15, 0.2) is 35.7 Å². The topological polar surface area (TPSA) is 64.3 Å². The predicted octanol–water partition coefficient (Wildman–Crippen LogP) is 2.53. The van der Waals surface area contributed by atoms with Gasteiger partial charge in [-0.3, -0.25) is 4.79 Å². The summed E-state index contributed by atoms with van der Waals surface area (Å²) in [7, 11) is 1.36. The highest BCUT2D eigenvalue weighted by Crippen LogP contribution is 2.23. The van der Waals surface area contributed by atoms with E-state index in [1.807, 2.05) is 11.4 Å². The van der Waals surface area contributed by atoms with Crippen LogP contribution in [0.25, 0.3) is 0 Å². The largest absolute Gasteiger partial charge is 0.494 e. The van der Waals surface area contributed by atoms with Gasteiger partial charge in [0.25, 0.3) is 0 Å². The first-order chi connectivity index (χ1) is 9.11. The fourth-order valence-electron chi connectivity index (χ4n) is 1.55. The lowest BCUT2D eigenvalue weighted by molar-refractivity contribution is -0.117. The first kappa shape index (κ1) is 13.5. The van der Waals surface area contributed by atoms with Crippen LogP contribution in [0, 0.1) is 5.82 Å². The maximum Gasteiger partial charge on any atom is 0.246 e. The fraction of sp³-hybridized carbons (Fsp3) is 0.154. The molecule has 19 heavy (non-hydrogen) atoms. The summed E-state index contributed by atoms with van der Waals surface area (Å²) in [6, 6.07) is 6.97. The van der Waals surface area contributed by atoms with Crippen molar-refractivity contribution >= 4 is 22.9 Å². The SMILES string of the molecule is COc1cc(NC(=O)C(N)c2cccs2)ccc1F. The number of methoxy groups -OCH3 is 1. The predicted molar refractivity (Wildman–Crippen MR) is 72.8 cm³/mol. The van der Waals surface area contributed by atoms with E-state index in [-0.39, 0.29) is 11.7 Å². The summed E-state index contributed by atoms with van der Waals surface area (Å²) in [4.78, 5) is 12.7. The molecule has 0 aliphatic heterocycles. The summed E-state index contributed by atoms with van der Waals surface area (Å²) in [5.41, 5.74) is 6.26. The van der Waals surface area contributed by atoms with Crippen LogP contribution >= 0.6 is 11.3 Å². The molecule has 1 heterocycles. The quantitative estimate of drug-likeness (QED) is 0.904.